The summed E-state index contributed by atoms with van der Waals surface area (Å²) in [4.78, 5) is 12.2. The SMILES string of the molecule is CCN(CC)S(=O)(=O)c1ccc(C(=O)NCCOC(C)C)cc1. The molecule has 0 saturated carbocycles. The van der Waals surface area contributed by atoms with Gasteiger partial charge >= 0.3 is 0 Å². The Labute approximate surface area is 138 Å². The lowest BCUT2D eigenvalue weighted by Gasteiger charge is -2.18. The Morgan fingerprint density at radius 1 is 1.17 bits per heavy atom. The van der Waals surface area contributed by atoms with Gasteiger partial charge in [-0.3, -0.25) is 4.79 Å². The first kappa shape index (κ1) is 19.6. The van der Waals surface area contributed by atoms with E-state index in [1.54, 1.807) is 13.8 Å². The van der Waals surface area contributed by atoms with E-state index in [0.717, 1.165) is 0 Å². The molecule has 0 bridgehead atoms. The molecular formula is C16H26N2O4S. The van der Waals surface area contributed by atoms with E-state index in [1.807, 2.05) is 13.8 Å². The van der Waals surface area contributed by atoms with E-state index >= 15 is 0 Å². The molecule has 1 N–H and O–H groups in total. The standard InChI is InChI=1S/C16H26N2O4S/c1-5-18(6-2)23(20,21)15-9-7-14(8-10-15)16(19)17-11-12-22-13(3)4/h7-10,13H,5-6,11-12H2,1-4H3,(H,17,19). The summed E-state index contributed by atoms with van der Waals surface area (Å²) in [5.74, 6) is -0.246. The smallest absolute Gasteiger partial charge is 0.251 e. The molecule has 0 aliphatic rings. The van der Waals surface area contributed by atoms with Gasteiger partial charge in [-0.1, -0.05) is 13.8 Å². The molecule has 23 heavy (non-hydrogen) atoms. The lowest BCUT2D eigenvalue weighted by atomic mass is 10.2. The molecule has 0 saturated heterocycles. The fourth-order valence-electron chi connectivity index (χ4n) is 2.05. The van der Waals surface area contributed by atoms with Gasteiger partial charge in [-0.15, -0.1) is 0 Å². The number of nitrogens with zero attached hydrogens (tertiary/aromatic N) is 1. The number of benzene rings is 1. The summed E-state index contributed by atoms with van der Waals surface area (Å²) in [6, 6.07) is 5.98. The van der Waals surface area contributed by atoms with E-state index in [0.29, 0.717) is 31.8 Å². The highest BCUT2D eigenvalue weighted by Crippen LogP contribution is 2.16. The third-order valence-corrected chi connectivity index (χ3v) is 5.36. The van der Waals surface area contributed by atoms with Crippen molar-refractivity contribution in [1.29, 1.82) is 0 Å². The zero-order valence-electron chi connectivity index (χ0n) is 14.2. The molecular weight excluding hydrogens is 316 g/mol. The Morgan fingerprint density at radius 2 is 1.74 bits per heavy atom. The summed E-state index contributed by atoms with van der Waals surface area (Å²) in [6.07, 6.45) is 0.122. The van der Waals surface area contributed by atoms with Crippen LogP contribution < -0.4 is 5.32 Å². The third-order valence-electron chi connectivity index (χ3n) is 3.30. The van der Waals surface area contributed by atoms with Crippen LogP contribution in [0.25, 0.3) is 0 Å². The Bertz CT molecular complexity index is 593. The van der Waals surface area contributed by atoms with Crippen LogP contribution in [0, 0.1) is 0 Å². The molecule has 0 heterocycles. The summed E-state index contributed by atoms with van der Waals surface area (Å²) in [5.41, 5.74) is 0.424. The molecule has 0 radical (unpaired) electrons. The zero-order valence-corrected chi connectivity index (χ0v) is 15.0. The van der Waals surface area contributed by atoms with Gasteiger partial charge in [0.25, 0.3) is 5.91 Å². The van der Waals surface area contributed by atoms with E-state index in [1.165, 1.54) is 28.6 Å². The second kappa shape index (κ2) is 9.00. The Kier molecular flexibility index (Phi) is 7.67. The minimum Gasteiger partial charge on any atom is -0.377 e. The topological polar surface area (TPSA) is 75.7 Å². The first-order chi connectivity index (χ1) is 10.8. The Hall–Kier alpha value is -1.44. The normalized spacial score (nSPS) is 11.9. The van der Waals surface area contributed by atoms with Crippen molar-refractivity contribution in [3.63, 3.8) is 0 Å². The van der Waals surface area contributed by atoms with Gasteiger partial charge in [0.15, 0.2) is 0 Å². The Morgan fingerprint density at radius 3 is 2.22 bits per heavy atom. The predicted molar refractivity (Wildman–Crippen MR) is 90.0 cm³/mol. The second-order valence-electron chi connectivity index (χ2n) is 5.29. The van der Waals surface area contributed by atoms with E-state index in [9.17, 15) is 13.2 Å². The molecule has 1 aromatic carbocycles. The van der Waals surface area contributed by atoms with Gasteiger partial charge < -0.3 is 10.1 Å². The summed E-state index contributed by atoms with van der Waals surface area (Å²) in [7, 11) is -3.49. The van der Waals surface area contributed by atoms with Crippen molar-refractivity contribution in [3.8, 4) is 0 Å². The van der Waals surface area contributed by atoms with Gasteiger partial charge in [0, 0.05) is 25.2 Å². The highest BCUT2D eigenvalue weighted by molar-refractivity contribution is 7.89. The third kappa shape index (κ3) is 5.60. The van der Waals surface area contributed by atoms with Gasteiger partial charge in [0.2, 0.25) is 10.0 Å². The maximum atomic E-state index is 12.4. The van der Waals surface area contributed by atoms with Crippen LogP contribution in [-0.4, -0.2) is 51.0 Å². The number of nitrogens with one attached hydrogen (secondary N) is 1. The maximum Gasteiger partial charge on any atom is 0.251 e. The second-order valence-corrected chi connectivity index (χ2v) is 7.23. The first-order valence-electron chi connectivity index (χ1n) is 7.82. The summed E-state index contributed by atoms with van der Waals surface area (Å²) in [5, 5.41) is 2.73. The number of carbonyl (C=O) groups excluding carboxylic acids is 1. The van der Waals surface area contributed by atoms with Crippen LogP contribution in [0.5, 0.6) is 0 Å². The molecule has 130 valence electrons. The fraction of sp³-hybridized carbons (Fsp3) is 0.562. The average Bonchev–Trinajstić information content (AvgIpc) is 2.52. The fourth-order valence-corrected chi connectivity index (χ4v) is 3.51. The molecule has 1 rings (SSSR count). The van der Waals surface area contributed by atoms with Gasteiger partial charge in [-0.25, -0.2) is 8.42 Å². The number of ether oxygens (including phenoxy) is 1. The Balaban J connectivity index is 2.71. The molecule has 1 amide bonds. The molecule has 0 aromatic heterocycles. The van der Waals surface area contributed by atoms with Crippen molar-refractivity contribution in [2.75, 3.05) is 26.2 Å². The van der Waals surface area contributed by atoms with Crippen LogP contribution in [0.3, 0.4) is 0 Å². The van der Waals surface area contributed by atoms with Crippen molar-refractivity contribution in [2.45, 2.75) is 38.7 Å². The van der Waals surface area contributed by atoms with Crippen LogP contribution in [0.4, 0.5) is 0 Å². The largest absolute Gasteiger partial charge is 0.377 e. The number of rotatable bonds is 9. The number of amides is 1. The summed E-state index contributed by atoms with van der Waals surface area (Å²) >= 11 is 0. The van der Waals surface area contributed by atoms with Crippen LogP contribution in [0.1, 0.15) is 38.1 Å². The summed E-state index contributed by atoms with van der Waals surface area (Å²) in [6.45, 7) is 9.13. The van der Waals surface area contributed by atoms with Gasteiger partial charge in [0.1, 0.15) is 0 Å². The van der Waals surface area contributed by atoms with E-state index in [2.05, 4.69) is 5.32 Å². The van der Waals surface area contributed by atoms with Crippen molar-refractivity contribution < 1.29 is 17.9 Å². The number of carbonyl (C=O) groups is 1. The van der Waals surface area contributed by atoms with Gasteiger partial charge in [0.05, 0.1) is 17.6 Å². The van der Waals surface area contributed by atoms with Crippen molar-refractivity contribution in [3.05, 3.63) is 29.8 Å². The monoisotopic (exact) mass is 342 g/mol. The predicted octanol–water partition coefficient (Wildman–Crippen LogP) is 1.87. The zero-order chi connectivity index (χ0) is 17.5. The van der Waals surface area contributed by atoms with Crippen molar-refractivity contribution in [1.82, 2.24) is 9.62 Å². The highest BCUT2D eigenvalue weighted by Gasteiger charge is 2.21. The molecule has 6 nitrogen and oxygen atoms in total. The minimum atomic E-state index is -3.49. The molecule has 0 atom stereocenters. The van der Waals surface area contributed by atoms with E-state index in [-0.39, 0.29) is 16.9 Å². The quantitative estimate of drug-likeness (QED) is 0.695. The van der Waals surface area contributed by atoms with Gasteiger partial charge in [-0.2, -0.15) is 4.31 Å². The molecule has 0 aliphatic heterocycles. The molecule has 0 spiro atoms. The van der Waals surface area contributed by atoms with Crippen LogP contribution in [0.2, 0.25) is 0 Å². The van der Waals surface area contributed by atoms with Gasteiger partial charge in [-0.05, 0) is 38.1 Å². The van der Waals surface area contributed by atoms with E-state index < -0.39 is 10.0 Å². The van der Waals surface area contributed by atoms with Crippen LogP contribution in [0.15, 0.2) is 29.2 Å². The van der Waals surface area contributed by atoms with Crippen LogP contribution >= 0.6 is 0 Å². The molecule has 1 aromatic rings. The highest BCUT2D eigenvalue weighted by atomic mass is 32.2. The number of hydrogen-bond acceptors (Lipinski definition) is 4. The molecule has 7 heteroatoms. The molecule has 0 fully saturated rings. The average molecular weight is 342 g/mol. The summed E-state index contributed by atoms with van der Waals surface area (Å²) < 4.78 is 31.4. The minimum absolute atomic E-state index is 0.122. The lowest BCUT2D eigenvalue weighted by molar-refractivity contribution is 0.0746. The van der Waals surface area contributed by atoms with Crippen LogP contribution in [-0.2, 0) is 14.8 Å². The number of sulfonamides is 1. The molecule has 0 aliphatic carbocycles. The van der Waals surface area contributed by atoms with Crippen molar-refractivity contribution in [2.24, 2.45) is 0 Å². The number of hydrogen-bond donors (Lipinski definition) is 1. The lowest BCUT2D eigenvalue weighted by Crippen LogP contribution is -2.31. The maximum absolute atomic E-state index is 12.4. The van der Waals surface area contributed by atoms with Crippen molar-refractivity contribution >= 4 is 15.9 Å². The van der Waals surface area contributed by atoms with E-state index in [4.69, 9.17) is 4.74 Å². The molecule has 0 unspecified atom stereocenters. The first-order valence-corrected chi connectivity index (χ1v) is 9.26.